The highest BCUT2D eigenvalue weighted by atomic mass is 32.2. The molecular weight excluding hydrogens is 593 g/mol. The van der Waals surface area contributed by atoms with E-state index in [1.54, 1.807) is 49.4 Å². The average Bonchev–Trinajstić information content (AvgIpc) is 3.68. The molecule has 0 radical (unpaired) electrons. The van der Waals surface area contributed by atoms with Gasteiger partial charge in [-0.05, 0) is 73.0 Å². The third-order valence-electron chi connectivity index (χ3n) is 7.09. The zero-order valence-electron chi connectivity index (χ0n) is 23.1. The summed E-state index contributed by atoms with van der Waals surface area (Å²) in [6.07, 6.45) is 0.632. The molecule has 0 bridgehead atoms. The van der Waals surface area contributed by atoms with Gasteiger partial charge in [0.15, 0.2) is 15.8 Å². The molecule has 2 N–H and O–H groups in total. The van der Waals surface area contributed by atoms with Crippen LogP contribution in [0.4, 0.5) is 9.52 Å². The summed E-state index contributed by atoms with van der Waals surface area (Å²) in [4.78, 5) is 28.4. The molecule has 2 atom stereocenters. The van der Waals surface area contributed by atoms with E-state index >= 15 is 0 Å². The molecule has 3 heterocycles. The Morgan fingerprint density at radius 3 is 2.70 bits per heavy atom. The van der Waals surface area contributed by atoms with Crippen molar-refractivity contribution in [1.82, 2.24) is 10.2 Å². The van der Waals surface area contributed by atoms with Gasteiger partial charge < -0.3 is 19.7 Å². The standard InChI is InChI=1S/C31H26FN3O6S2/c1-3-40-24-14-18(6-10-22(24)36)26-25(27(37)19-7-11-23-20(13-19)12-16(2)41-23)28(38)29(39)35(26)30-33-34-31(43-30)42-15-17-4-8-21(32)9-5-17/h4-11,13-14,16,26,36-37H,3,12,15H2,1-2H3/b27-25+. The van der Waals surface area contributed by atoms with E-state index < -0.39 is 17.7 Å². The molecule has 12 heteroatoms. The van der Waals surface area contributed by atoms with Crippen LogP contribution in [-0.4, -0.2) is 44.8 Å². The van der Waals surface area contributed by atoms with Gasteiger partial charge in [0.1, 0.15) is 23.4 Å². The first-order valence-corrected chi connectivity index (χ1v) is 15.3. The van der Waals surface area contributed by atoms with Crippen molar-refractivity contribution in [3.63, 3.8) is 0 Å². The molecule has 9 nitrogen and oxygen atoms in total. The molecule has 3 aromatic carbocycles. The molecule has 4 aromatic rings. The van der Waals surface area contributed by atoms with E-state index in [2.05, 4.69) is 10.2 Å². The molecule has 2 aliphatic heterocycles. The van der Waals surface area contributed by atoms with Gasteiger partial charge in [-0.25, -0.2) is 4.39 Å². The number of hydrogen-bond acceptors (Lipinski definition) is 10. The molecule has 0 saturated carbocycles. The lowest BCUT2D eigenvalue weighted by molar-refractivity contribution is -0.132. The molecule has 1 fully saturated rings. The van der Waals surface area contributed by atoms with E-state index in [9.17, 15) is 24.2 Å². The molecule has 220 valence electrons. The highest BCUT2D eigenvalue weighted by Gasteiger charge is 2.48. The number of carbonyl (C=O) groups is 2. The van der Waals surface area contributed by atoms with Crippen LogP contribution in [0.5, 0.6) is 17.2 Å². The highest BCUT2D eigenvalue weighted by Crippen LogP contribution is 2.46. The quantitative estimate of drug-likeness (QED) is 0.0801. The highest BCUT2D eigenvalue weighted by molar-refractivity contribution is 8.00. The average molecular weight is 620 g/mol. The number of ketones is 1. The van der Waals surface area contributed by atoms with Crippen molar-refractivity contribution < 1.29 is 33.7 Å². The Bertz CT molecular complexity index is 1760. The van der Waals surface area contributed by atoms with E-state index in [1.165, 1.54) is 34.9 Å². The SMILES string of the molecule is CCOc1cc(C2/C(=C(\O)c3ccc4c(c3)CC(C)O4)C(=O)C(=O)N2c2nnc(SCc3ccc(F)cc3)s2)ccc1O. The molecule has 43 heavy (non-hydrogen) atoms. The van der Waals surface area contributed by atoms with Gasteiger partial charge in [-0.1, -0.05) is 41.3 Å². The molecule has 1 aromatic heterocycles. The lowest BCUT2D eigenvalue weighted by Crippen LogP contribution is -2.29. The number of aliphatic hydroxyl groups excluding tert-OH is 1. The third-order valence-corrected chi connectivity index (χ3v) is 9.22. The van der Waals surface area contributed by atoms with Crippen LogP contribution in [-0.2, 0) is 21.8 Å². The summed E-state index contributed by atoms with van der Waals surface area (Å²) >= 11 is 2.48. The minimum absolute atomic E-state index is 0.0144. The number of nitrogens with zero attached hydrogens (tertiary/aromatic N) is 3. The summed E-state index contributed by atoms with van der Waals surface area (Å²) in [5.41, 5.74) is 2.44. The summed E-state index contributed by atoms with van der Waals surface area (Å²) in [6.45, 7) is 3.99. The molecule has 0 aliphatic carbocycles. The van der Waals surface area contributed by atoms with Gasteiger partial charge in [-0.3, -0.25) is 14.5 Å². The van der Waals surface area contributed by atoms with E-state index in [0.717, 1.165) is 22.5 Å². The number of phenolic OH excluding ortho intramolecular Hbond substituents is 1. The maximum atomic E-state index is 13.6. The van der Waals surface area contributed by atoms with Crippen LogP contribution in [0.15, 0.2) is 70.6 Å². The Kier molecular flexibility index (Phi) is 7.80. The number of hydrogen-bond donors (Lipinski definition) is 2. The number of phenols is 1. The summed E-state index contributed by atoms with van der Waals surface area (Å²) in [7, 11) is 0. The van der Waals surface area contributed by atoms with Gasteiger partial charge in [0, 0.05) is 17.7 Å². The third kappa shape index (κ3) is 5.55. The van der Waals surface area contributed by atoms with Crippen LogP contribution in [0.2, 0.25) is 0 Å². The minimum atomic E-state index is -1.08. The van der Waals surface area contributed by atoms with Crippen LogP contribution in [0.1, 0.15) is 42.1 Å². The van der Waals surface area contributed by atoms with Crippen LogP contribution >= 0.6 is 23.1 Å². The number of halogens is 1. The van der Waals surface area contributed by atoms with Crippen molar-refractivity contribution in [1.29, 1.82) is 0 Å². The predicted molar refractivity (Wildman–Crippen MR) is 160 cm³/mol. The molecule has 2 unspecified atom stereocenters. The summed E-state index contributed by atoms with van der Waals surface area (Å²) in [6, 6.07) is 14.7. The van der Waals surface area contributed by atoms with E-state index in [4.69, 9.17) is 9.47 Å². The smallest absolute Gasteiger partial charge is 0.301 e. The van der Waals surface area contributed by atoms with Crippen molar-refractivity contribution in [3.05, 3.63) is 94.3 Å². The number of amides is 1. The largest absolute Gasteiger partial charge is 0.507 e. The second kappa shape index (κ2) is 11.7. The fourth-order valence-corrected chi connectivity index (χ4v) is 6.95. The maximum Gasteiger partial charge on any atom is 0.301 e. The van der Waals surface area contributed by atoms with Crippen molar-refractivity contribution in [2.24, 2.45) is 0 Å². The van der Waals surface area contributed by atoms with Crippen molar-refractivity contribution in [2.75, 3.05) is 11.5 Å². The number of ether oxygens (including phenoxy) is 2. The Labute approximate surface area is 254 Å². The lowest BCUT2D eigenvalue weighted by Gasteiger charge is -2.23. The Morgan fingerprint density at radius 1 is 1.14 bits per heavy atom. The molecule has 0 spiro atoms. The number of Topliss-reactive ketones (excluding diaryl/α,β-unsaturated/α-hetero) is 1. The number of rotatable bonds is 8. The maximum absolute atomic E-state index is 13.6. The topological polar surface area (TPSA) is 122 Å². The van der Waals surface area contributed by atoms with Crippen molar-refractivity contribution >= 4 is 45.7 Å². The lowest BCUT2D eigenvalue weighted by atomic mass is 9.94. The van der Waals surface area contributed by atoms with Crippen LogP contribution in [0.3, 0.4) is 0 Å². The number of aromatic hydroxyl groups is 1. The fraction of sp³-hybridized carbons (Fsp3) is 0.226. The first kappa shape index (κ1) is 28.7. The Morgan fingerprint density at radius 2 is 1.93 bits per heavy atom. The summed E-state index contributed by atoms with van der Waals surface area (Å²) in [5, 5.41) is 30.5. The van der Waals surface area contributed by atoms with Gasteiger partial charge in [0.2, 0.25) is 5.13 Å². The first-order chi connectivity index (χ1) is 20.7. The normalized spacial score (nSPS) is 19.0. The zero-order valence-corrected chi connectivity index (χ0v) is 24.7. The van der Waals surface area contributed by atoms with E-state index in [0.29, 0.717) is 33.4 Å². The fourth-order valence-electron chi connectivity index (χ4n) is 5.13. The van der Waals surface area contributed by atoms with Crippen molar-refractivity contribution in [3.8, 4) is 17.2 Å². The number of benzene rings is 3. The second-order valence-corrected chi connectivity index (χ2v) is 12.2. The zero-order chi connectivity index (χ0) is 30.2. The number of carbonyl (C=O) groups excluding carboxylic acids is 2. The number of fused-ring (bicyclic) bond motifs is 1. The Balaban J connectivity index is 1.41. The monoisotopic (exact) mass is 619 g/mol. The van der Waals surface area contributed by atoms with Gasteiger partial charge in [-0.2, -0.15) is 0 Å². The van der Waals surface area contributed by atoms with Gasteiger partial charge in [-0.15, -0.1) is 10.2 Å². The van der Waals surface area contributed by atoms with Crippen LogP contribution in [0.25, 0.3) is 5.76 Å². The van der Waals surface area contributed by atoms with E-state index in [-0.39, 0.29) is 46.5 Å². The Hall–Kier alpha value is -4.42. The van der Waals surface area contributed by atoms with Crippen LogP contribution in [0, 0.1) is 5.82 Å². The van der Waals surface area contributed by atoms with Gasteiger partial charge in [0.25, 0.3) is 5.78 Å². The molecule has 6 rings (SSSR count). The molecular formula is C31H26FN3O6S2. The number of aliphatic hydroxyl groups is 1. The second-order valence-electron chi connectivity index (χ2n) is 10.1. The minimum Gasteiger partial charge on any atom is -0.507 e. The number of thioether (sulfide) groups is 1. The predicted octanol–water partition coefficient (Wildman–Crippen LogP) is 6.02. The first-order valence-electron chi connectivity index (χ1n) is 13.5. The molecule has 2 aliphatic rings. The summed E-state index contributed by atoms with van der Waals surface area (Å²) < 4.78 is 25.2. The van der Waals surface area contributed by atoms with Gasteiger partial charge >= 0.3 is 5.91 Å². The summed E-state index contributed by atoms with van der Waals surface area (Å²) in [5.74, 6) is -1.15. The molecule has 1 amide bonds. The van der Waals surface area contributed by atoms with Crippen LogP contribution < -0.4 is 14.4 Å². The van der Waals surface area contributed by atoms with Crippen molar-refractivity contribution in [2.45, 2.75) is 42.5 Å². The number of anilines is 1. The van der Waals surface area contributed by atoms with Gasteiger partial charge in [0.05, 0.1) is 18.2 Å². The molecule has 1 saturated heterocycles. The number of aromatic nitrogens is 2. The van der Waals surface area contributed by atoms with E-state index in [1.807, 2.05) is 6.92 Å².